The topological polar surface area (TPSA) is 90.4 Å². The van der Waals surface area contributed by atoms with Crippen molar-refractivity contribution in [2.45, 2.75) is 6.54 Å². The summed E-state index contributed by atoms with van der Waals surface area (Å²) >= 11 is 0. The minimum absolute atomic E-state index is 0.0349. The molecular weight excluding hydrogens is 433 g/mol. The van der Waals surface area contributed by atoms with Crippen molar-refractivity contribution in [1.82, 2.24) is 9.99 Å². The molecule has 0 fully saturated rings. The molecule has 4 rings (SSSR count). The van der Waals surface area contributed by atoms with Gasteiger partial charge in [-0.15, -0.1) is 0 Å². The molecule has 6 nitrogen and oxygen atoms in total. The Balaban J connectivity index is 1.55. The van der Waals surface area contributed by atoms with Crippen LogP contribution in [0.5, 0.6) is 5.75 Å². The van der Waals surface area contributed by atoms with Crippen LogP contribution in [0, 0.1) is 28.8 Å². The standard InChI is InChI=1S/C24H15F3N4O2/c25-18-9-17(23(27)20(26)10-18)13-31-7-6-19-15(2-1-3-21(19)31)12-29-30-24(33)14-4-5-22(32)16(8-14)11-28/h1-10,12,32H,13H2,(H,30,33). The molecule has 0 unspecified atom stereocenters. The number of hydrogen-bond donors (Lipinski definition) is 2. The summed E-state index contributed by atoms with van der Waals surface area (Å²) in [6.07, 6.45) is 3.07. The fourth-order valence-corrected chi connectivity index (χ4v) is 3.40. The van der Waals surface area contributed by atoms with E-state index in [0.29, 0.717) is 17.1 Å². The highest BCUT2D eigenvalue weighted by Gasteiger charge is 2.13. The van der Waals surface area contributed by atoms with Gasteiger partial charge < -0.3 is 9.67 Å². The summed E-state index contributed by atoms with van der Waals surface area (Å²) in [6.45, 7) is -0.0799. The van der Waals surface area contributed by atoms with Crippen molar-refractivity contribution in [1.29, 1.82) is 5.26 Å². The van der Waals surface area contributed by atoms with Crippen LogP contribution in [0.1, 0.15) is 27.0 Å². The van der Waals surface area contributed by atoms with Crippen LogP contribution in [-0.4, -0.2) is 21.8 Å². The molecule has 0 spiro atoms. The molecule has 0 aliphatic rings. The summed E-state index contributed by atoms with van der Waals surface area (Å²) in [6, 6.07) is 14.1. The predicted octanol–water partition coefficient (Wildman–Crippen LogP) is 4.45. The molecule has 33 heavy (non-hydrogen) atoms. The van der Waals surface area contributed by atoms with Gasteiger partial charge in [0.15, 0.2) is 11.6 Å². The Kier molecular flexibility index (Phi) is 5.83. The predicted molar refractivity (Wildman–Crippen MR) is 115 cm³/mol. The van der Waals surface area contributed by atoms with Gasteiger partial charge in [-0.3, -0.25) is 4.79 Å². The van der Waals surface area contributed by atoms with Crippen molar-refractivity contribution in [2.24, 2.45) is 5.10 Å². The second-order valence-corrected chi connectivity index (χ2v) is 7.13. The number of fused-ring (bicyclic) bond motifs is 1. The van der Waals surface area contributed by atoms with Crippen LogP contribution in [0.25, 0.3) is 10.9 Å². The van der Waals surface area contributed by atoms with Crippen LogP contribution in [-0.2, 0) is 6.54 Å². The molecule has 1 amide bonds. The molecule has 9 heteroatoms. The van der Waals surface area contributed by atoms with E-state index in [1.165, 1.54) is 24.4 Å². The Bertz CT molecular complexity index is 1450. The average molecular weight is 448 g/mol. The van der Waals surface area contributed by atoms with Gasteiger partial charge in [-0.05, 0) is 36.4 Å². The number of phenolic OH excluding ortho intramolecular Hbond substituents is 1. The molecule has 0 atom stereocenters. The van der Waals surface area contributed by atoms with Crippen molar-refractivity contribution < 1.29 is 23.1 Å². The third kappa shape index (κ3) is 4.41. The first kappa shape index (κ1) is 21.6. The summed E-state index contributed by atoms with van der Waals surface area (Å²) < 4.78 is 42.7. The minimum Gasteiger partial charge on any atom is -0.507 e. The second kappa shape index (κ2) is 8.88. The number of hydrogen-bond acceptors (Lipinski definition) is 4. The number of carbonyl (C=O) groups is 1. The number of hydrazone groups is 1. The van der Waals surface area contributed by atoms with E-state index in [0.717, 1.165) is 11.5 Å². The molecule has 164 valence electrons. The number of rotatable bonds is 5. The van der Waals surface area contributed by atoms with Gasteiger partial charge >= 0.3 is 0 Å². The van der Waals surface area contributed by atoms with E-state index in [-0.39, 0.29) is 29.0 Å². The summed E-state index contributed by atoms with van der Waals surface area (Å²) in [5, 5.41) is 23.2. The largest absolute Gasteiger partial charge is 0.507 e. The van der Waals surface area contributed by atoms with Crippen molar-refractivity contribution in [2.75, 3.05) is 0 Å². The normalized spacial score (nSPS) is 11.1. The van der Waals surface area contributed by atoms with E-state index in [9.17, 15) is 23.1 Å². The van der Waals surface area contributed by atoms with Crippen LogP contribution < -0.4 is 5.43 Å². The fraction of sp³-hybridized carbons (Fsp3) is 0.0417. The van der Waals surface area contributed by atoms with Gasteiger partial charge in [0.25, 0.3) is 5.91 Å². The number of benzene rings is 3. The maximum absolute atomic E-state index is 14.1. The monoisotopic (exact) mass is 448 g/mol. The van der Waals surface area contributed by atoms with Crippen LogP contribution in [0.2, 0.25) is 0 Å². The Morgan fingerprint density at radius 1 is 1.15 bits per heavy atom. The van der Waals surface area contributed by atoms with Gasteiger partial charge in [-0.25, -0.2) is 18.6 Å². The molecular formula is C24H15F3N4O2. The minimum atomic E-state index is -1.25. The fourth-order valence-electron chi connectivity index (χ4n) is 3.40. The van der Waals surface area contributed by atoms with Crippen LogP contribution in [0.15, 0.2) is 65.9 Å². The number of nitrogens with one attached hydrogen (secondary N) is 1. The summed E-state index contributed by atoms with van der Waals surface area (Å²) in [7, 11) is 0. The van der Waals surface area contributed by atoms with E-state index >= 15 is 0 Å². The summed E-state index contributed by atoms with van der Waals surface area (Å²) in [5.41, 5.74) is 3.65. The number of nitriles is 1. The van der Waals surface area contributed by atoms with E-state index in [2.05, 4.69) is 10.5 Å². The maximum atomic E-state index is 14.1. The van der Waals surface area contributed by atoms with Crippen molar-refractivity contribution in [3.8, 4) is 11.8 Å². The molecule has 0 radical (unpaired) electrons. The van der Waals surface area contributed by atoms with Crippen molar-refractivity contribution in [3.05, 3.63) is 100 Å². The third-order valence-corrected chi connectivity index (χ3v) is 5.01. The first-order valence-electron chi connectivity index (χ1n) is 9.65. The zero-order valence-corrected chi connectivity index (χ0v) is 16.9. The third-order valence-electron chi connectivity index (χ3n) is 5.01. The highest BCUT2D eigenvalue weighted by atomic mass is 19.2. The number of amides is 1. The van der Waals surface area contributed by atoms with Gasteiger partial charge in [0.2, 0.25) is 0 Å². The quantitative estimate of drug-likeness (QED) is 0.269. The lowest BCUT2D eigenvalue weighted by Crippen LogP contribution is -2.17. The van der Waals surface area contributed by atoms with Crippen LogP contribution in [0.4, 0.5) is 13.2 Å². The van der Waals surface area contributed by atoms with Crippen molar-refractivity contribution >= 4 is 23.0 Å². The number of halogens is 3. The maximum Gasteiger partial charge on any atom is 0.271 e. The molecule has 1 aromatic heterocycles. The van der Waals surface area contributed by atoms with E-state index in [4.69, 9.17) is 5.26 Å². The molecule has 1 heterocycles. The molecule has 3 aromatic carbocycles. The highest BCUT2D eigenvalue weighted by Crippen LogP contribution is 2.22. The number of aromatic nitrogens is 1. The van der Waals surface area contributed by atoms with E-state index in [1.54, 1.807) is 41.1 Å². The number of carbonyl (C=O) groups excluding carboxylic acids is 1. The Labute approximate surface area is 185 Å². The Morgan fingerprint density at radius 3 is 2.76 bits per heavy atom. The summed E-state index contributed by atoms with van der Waals surface area (Å²) in [5.74, 6) is -4.02. The van der Waals surface area contributed by atoms with Crippen molar-refractivity contribution in [3.63, 3.8) is 0 Å². The number of nitrogens with zero attached hydrogens (tertiary/aromatic N) is 3. The van der Waals surface area contributed by atoms with Gasteiger partial charge in [0, 0.05) is 39.9 Å². The molecule has 0 bridgehead atoms. The number of aromatic hydroxyl groups is 1. The van der Waals surface area contributed by atoms with E-state index in [1.807, 2.05) is 0 Å². The molecule has 0 saturated heterocycles. The van der Waals surface area contributed by atoms with Crippen LogP contribution in [0.3, 0.4) is 0 Å². The average Bonchev–Trinajstić information content (AvgIpc) is 3.21. The molecule has 0 aliphatic heterocycles. The van der Waals surface area contributed by atoms with E-state index < -0.39 is 23.4 Å². The first-order chi connectivity index (χ1) is 15.9. The van der Waals surface area contributed by atoms with Gasteiger partial charge in [-0.1, -0.05) is 12.1 Å². The Hall–Kier alpha value is -4.58. The second-order valence-electron chi connectivity index (χ2n) is 7.13. The Morgan fingerprint density at radius 2 is 1.97 bits per heavy atom. The molecule has 4 aromatic rings. The lowest BCUT2D eigenvalue weighted by molar-refractivity contribution is 0.0955. The smallest absolute Gasteiger partial charge is 0.271 e. The lowest BCUT2D eigenvalue weighted by Gasteiger charge is -2.08. The zero-order chi connectivity index (χ0) is 23.5. The molecule has 0 saturated carbocycles. The van der Waals surface area contributed by atoms with Crippen LogP contribution >= 0.6 is 0 Å². The molecule has 0 aliphatic carbocycles. The van der Waals surface area contributed by atoms with Gasteiger partial charge in [0.05, 0.1) is 18.3 Å². The first-order valence-corrected chi connectivity index (χ1v) is 9.65. The molecule has 2 N–H and O–H groups in total. The van der Waals surface area contributed by atoms with Gasteiger partial charge in [0.1, 0.15) is 17.6 Å². The lowest BCUT2D eigenvalue weighted by atomic mass is 10.1. The number of phenols is 1. The highest BCUT2D eigenvalue weighted by molar-refractivity contribution is 6.00. The van der Waals surface area contributed by atoms with Gasteiger partial charge in [-0.2, -0.15) is 10.4 Å². The SMILES string of the molecule is N#Cc1cc(C(=O)NN=Cc2cccc3c2ccn3Cc2cc(F)cc(F)c2F)ccc1O. The summed E-state index contributed by atoms with van der Waals surface area (Å²) in [4.78, 5) is 12.3. The zero-order valence-electron chi connectivity index (χ0n) is 16.9.